The van der Waals surface area contributed by atoms with Crippen molar-refractivity contribution < 1.29 is 4.79 Å². The lowest BCUT2D eigenvalue weighted by Crippen LogP contribution is -2.39. The standard InChI is InChI=1S/C14H29N3O/c1-11(15)5-6-13(18)16-10-14(2,3)12-7-8-17(4)9-12/h11-12H,5-10,15H2,1-4H3,(H,16,18). The fraction of sp³-hybridized carbons (Fsp3) is 0.929. The second-order valence-corrected chi connectivity index (χ2v) is 6.53. The van der Waals surface area contributed by atoms with Gasteiger partial charge >= 0.3 is 0 Å². The molecule has 0 aromatic carbocycles. The highest BCUT2D eigenvalue weighted by Gasteiger charge is 2.33. The molecule has 1 aliphatic heterocycles. The quantitative estimate of drug-likeness (QED) is 0.750. The number of rotatable bonds is 6. The summed E-state index contributed by atoms with van der Waals surface area (Å²) < 4.78 is 0. The Morgan fingerprint density at radius 3 is 2.72 bits per heavy atom. The molecule has 1 aliphatic rings. The van der Waals surface area contributed by atoms with E-state index in [4.69, 9.17) is 5.73 Å². The Morgan fingerprint density at radius 1 is 1.56 bits per heavy atom. The maximum absolute atomic E-state index is 11.7. The van der Waals surface area contributed by atoms with Crippen LogP contribution in [0.2, 0.25) is 0 Å². The third-order valence-corrected chi connectivity index (χ3v) is 4.06. The molecule has 0 bridgehead atoms. The summed E-state index contributed by atoms with van der Waals surface area (Å²) in [7, 11) is 2.16. The molecule has 0 aliphatic carbocycles. The number of nitrogens with one attached hydrogen (secondary N) is 1. The van der Waals surface area contributed by atoms with Crippen molar-refractivity contribution in [1.82, 2.24) is 10.2 Å². The van der Waals surface area contributed by atoms with E-state index >= 15 is 0 Å². The Balaban J connectivity index is 2.30. The molecule has 0 aromatic rings. The third kappa shape index (κ3) is 4.94. The number of hydrogen-bond acceptors (Lipinski definition) is 3. The topological polar surface area (TPSA) is 58.4 Å². The Morgan fingerprint density at radius 2 is 2.22 bits per heavy atom. The monoisotopic (exact) mass is 255 g/mol. The van der Waals surface area contributed by atoms with Gasteiger partial charge in [0, 0.05) is 25.6 Å². The van der Waals surface area contributed by atoms with Crippen LogP contribution in [0, 0.1) is 11.3 Å². The van der Waals surface area contributed by atoms with Crippen LogP contribution in [0.1, 0.15) is 40.0 Å². The summed E-state index contributed by atoms with van der Waals surface area (Å²) in [6.45, 7) is 9.52. The molecule has 4 heteroatoms. The molecular formula is C14H29N3O. The zero-order chi connectivity index (χ0) is 13.8. The zero-order valence-electron chi connectivity index (χ0n) is 12.3. The molecule has 1 saturated heterocycles. The van der Waals surface area contributed by atoms with Gasteiger partial charge in [-0.2, -0.15) is 0 Å². The van der Waals surface area contributed by atoms with Gasteiger partial charge in [0.15, 0.2) is 0 Å². The maximum Gasteiger partial charge on any atom is 0.220 e. The van der Waals surface area contributed by atoms with E-state index in [2.05, 4.69) is 31.1 Å². The third-order valence-electron chi connectivity index (χ3n) is 4.06. The fourth-order valence-corrected chi connectivity index (χ4v) is 2.49. The minimum Gasteiger partial charge on any atom is -0.356 e. The molecule has 2 unspecified atom stereocenters. The molecule has 0 radical (unpaired) electrons. The molecule has 0 saturated carbocycles. The van der Waals surface area contributed by atoms with Crippen molar-refractivity contribution >= 4 is 5.91 Å². The Hall–Kier alpha value is -0.610. The average molecular weight is 255 g/mol. The molecule has 0 aromatic heterocycles. The van der Waals surface area contributed by atoms with Crippen molar-refractivity contribution in [3.8, 4) is 0 Å². The predicted molar refractivity (Wildman–Crippen MR) is 75.3 cm³/mol. The molecule has 1 amide bonds. The summed E-state index contributed by atoms with van der Waals surface area (Å²) in [5.74, 6) is 0.808. The predicted octanol–water partition coefficient (Wildman–Crippen LogP) is 1.21. The molecule has 1 fully saturated rings. The molecule has 1 rings (SSSR count). The van der Waals surface area contributed by atoms with Crippen LogP contribution in [-0.4, -0.2) is 43.5 Å². The lowest BCUT2D eigenvalue weighted by atomic mass is 9.78. The van der Waals surface area contributed by atoms with Crippen LogP contribution in [0.15, 0.2) is 0 Å². The van der Waals surface area contributed by atoms with Crippen molar-refractivity contribution in [3.05, 3.63) is 0 Å². The van der Waals surface area contributed by atoms with Crippen LogP contribution in [0.3, 0.4) is 0 Å². The smallest absolute Gasteiger partial charge is 0.220 e. The lowest BCUT2D eigenvalue weighted by Gasteiger charge is -2.31. The minimum atomic E-state index is 0.104. The lowest BCUT2D eigenvalue weighted by molar-refractivity contribution is -0.121. The number of carbonyl (C=O) groups is 1. The molecule has 0 spiro atoms. The number of nitrogens with two attached hydrogens (primary N) is 1. The van der Waals surface area contributed by atoms with E-state index in [0.29, 0.717) is 12.3 Å². The Bertz CT molecular complexity index is 276. The van der Waals surface area contributed by atoms with Crippen molar-refractivity contribution in [1.29, 1.82) is 0 Å². The first kappa shape index (κ1) is 15.4. The maximum atomic E-state index is 11.7. The summed E-state index contributed by atoms with van der Waals surface area (Å²) in [6, 6.07) is 0.104. The van der Waals surface area contributed by atoms with Crippen LogP contribution in [0.5, 0.6) is 0 Å². The molecule has 1 heterocycles. The van der Waals surface area contributed by atoms with Gasteiger partial charge in [-0.15, -0.1) is 0 Å². The van der Waals surface area contributed by atoms with Gasteiger partial charge in [-0.05, 0) is 44.7 Å². The van der Waals surface area contributed by atoms with Gasteiger partial charge in [0.25, 0.3) is 0 Å². The molecule has 4 nitrogen and oxygen atoms in total. The van der Waals surface area contributed by atoms with E-state index in [1.54, 1.807) is 0 Å². The molecular weight excluding hydrogens is 226 g/mol. The van der Waals surface area contributed by atoms with E-state index < -0.39 is 0 Å². The Labute approximate surface area is 111 Å². The van der Waals surface area contributed by atoms with Crippen molar-refractivity contribution in [2.45, 2.75) is 46.1 Å². The minimum absolute atomic E-state index is 0.104. The van der Waals surface area contributed by atoms with E-state index in [0.717, 1.165) is 19.5 Å². The second kappa shape index (κ2) is 6.53. The van der Waals surface area contributed by atoms with E-state index in [9.17, 15) is 4.79 Å². The summed E-state index contributed by atoms with van der Waals surface area (Å²) in [6.07, 6.45) is 2.54. The van der Waals surface area contributed by atoms with E-state index in [1.807, 2.05) is 6.92 Å². The summed E-state index contributed by atoms with van der Waals surface area (Å²) in [5.41, 5.74) is 5.83. The number of nitrogens with zero attached hydrogens (tertiary/aromatic N) is 1. The Kier molecular flexibility index (Phi) is 5.60. The van der Waals surface area contributed by atoms with Crippen LogP contribution < -0.4 is 11.1 Å². The van der Waals surface area contributed by atoms with E-state index in [-0.39, 0.29) is 17.4 Å². The molecule has 3 N–H and O–H groups in total. The van der Waals surface area contributed by atoms with Crippen LogP contribution in [0.25, 0.3) is 0 Å². The normalized spacial score (nSPS) is 23.1. The highest BCUT2D eigenvalue weighted by Crippen LogP contribution is 2.33. The van der Waals surface area contributed by atoms with Gasteiger partial charge < -0.3 is 16.0 Å². The van der Waals surface area contributed by atoms with Gasteiger partial charge in [-0.1, -0.05) is 13.8 Å². The van der Waals surface area contributed by atoms with Crippen LogP contribution >= 0.6 is 0 Å². The fourth-order valence-electron chi connectivity index (χ4n) is 2.49. The summed E-state index contributed by atoms with van der Waals surface area (Å²) >= 11 is 0. The first-order chi connectivity index (χ1) is 8.31. The van der Waals surface area contributed by atoms with Crippen LogP contribution in [0.4, 0.5) is 0 Å². The molecule has 106 valence electrons. The SMILES string of the molecule is CC(N)CCC(=O)NCC(C)(C)C1CCN(C)C1. The van der Waals surface area contributed by atoms with Gasteiger partial charge in [0.05, 0.1) is 0 Å². The molecule has 18 heavy (non-hydrogen) atoms. The number of likely N-dealkylation sites (tertiary alicyclic amines) is 1. The number of hydrogen-bond donors (Lipinski definition) is 2. The van der Waals surface area contributed by atoms with E-state index in [1.165, 1.54) is 13.0 Å². The first-order valence-corrected chi connectivity index (χ1v) is 7.02. The zero-order valence-corrected chi connectivity index (χ0v) is 12.3. The molecule has 2 atom stereocenters. The number of amides is 1. The van der Waals surface area contributed by atoms with Gasteiger partial charge in [-0.25, -0.2) is 0 Å². The van der Waals surface area contributed by atoms with Gasteiger partial charge in [0.1, 0.15) is 0 Å². The van der Waals surface area contributed by atoms with Gasteiger partial charge in [0.2, 0.25) is 5.91 Å². The average Bonchev–Trinajstić information content (AvgIpc) is 2.71. The van der Waals surface area contributed by atoms with Crippen molar-refractivity contribution in [2.24, 2.45) is 17.1 Å². The first-order valence-electron chi connectivity index (χ1n) is 7.02. The highest BCUT2D eigenvalue weighted by atomic mass is 16.1. The van der Waals surface area contributed by atoms with Crippen molar-refractivity contribution in [3.63, 3.8) is 0 Å². The second-order valence-electron chi connectivity index (χ2n) is 6.53. The highest BCUT2D eigenvalue weighted by molar-refractivity contribution is 5.75. The summed E-state index contributed by atoms with van der Waals surface area (Å²) in [4.78, 5) is 14.1. The van der Waals surface area contributed by atoms with Crippen LogP contribution in [-0.2, 0) is 4.79 Å². The summed E-state index contributed by atoms with van der Waals surface area (Å²) in [5, 5.41) is 3.06. The van der Waals surface area contributed by atoms with Crippen molar-refractivity contribution in [2.75, 3.05) is 26.7 Å². The number of carbonyl (C=O) groups excluding carboxylic acids is 1. The largest absolute Gasteiger partial charge is 0.356 e. The van der Waals surface area contributed by atoms with Gasteiger partial charge in [-0.3, -0.25) is 4.79 Å².